The van der Waals surface area contributed by atoms with Crippen LogP contribution in [0.2, 0.25) is 0 Å². The predicted molar refractivity (Wildman–Crippen MR) is 56.2 cm³/mol. The van der Waals surface area contributed by atoms with Gasteiger partial charge in [0.1, 0.15) is 12.4 Å². The second-order valence-electron chi connectivity index (χ2n) is 3.52. The Morgan fingerprint density at radius 2 is 2.20 bits per heavy atom. The van der Waals surface area contributed by atoms with Gasteiger partial charge in [-0.3, -0.25) is 5.10 Å². The van der Waals surface area contributed by atoms with Crippen molar-refractivity contribution in [1.29, 1.82) is 0 Å². The molecule has 0 aliphatic rings. The van der Waals surface area contributed by atoms with E-state index in [1.807, 2.05) is 31.2 Å². The van der Waals surface area contributed by atoms with Crippen LogP contribution in [-0.4, -0.2) is 20.3 Å². The third-order valence-corrected chi connectivity index (χ3v) is 2.42. The topological polar surface area (TPSA) is 61.8 Å². The van der Waals surface area contributed by atoms with E-state index >= 15 is 0 Å². The molecule has 2 rings (SSSR count). The summed E-state index contributed by atoms with van der Waals surface area (Å²) in [5.41, 5.74) is 2.30. The van der Waals surface area contributed by atoms with E-state index < -0.39 is 6.10 Å². The molecule has 78 valence electrons. The number of aryl methyl sites for hydroxylation is 1. The zero-order valence-electron chi connectivity index (χ0n) is 8.51. The molecule has 0 radical (unpaired) electrons. The molecule has 1 unspecified atom stereocenters. The number of H-pyrrole nitrogens is 1. The fraction of sp³-hybridized carbons (Fsp3) is 0.273. The highest BCUT2D eigenvalue weighted by Gasteiger charge is 2.11. The lowest BCUT2D eigenvalue weighted by Crippen LogP contribution is -2.05. The summed E-state index contributed by atoms with van der Waals surface area (Å²) < 4.78 is 0. The van der Waals surface area contributed by atoms with Crippen molar-refractivity contribution in [3.63, 3.8) is 0 Å². The van der Waals surface area contributed by atoms with Crippen LogP contribution in [0.25, 0.3) is 0 Å². The van der Waals surface area contributed by atoms with Gasteiger partial charge < -0.3 is 5.11 Å². The van der Waals surface area contributed by atoms with Gasteiger partial charge in [0, 0.05) is 6.42 Å². The molecule has 0 fully saturated rings. The van der Waals surface area contributed by atoms with Gasteiger partial charge in [-0.25, -0.2) is 4.98 Å². The zero-order valence-corrected chi connectivity index (χ0v) is 8.51. The summed E-state index contributed by atoms with van der Waals surface area (Å²) in [6.07, 6.45) is 1.34. The lowest BCUT2D eigenvalue weighted by molar-refractivity contribution is 0.168. The van der Waals surface area contributed by atoms with E-state index in [2.05, 4.69) is 15.2 Å². The second kappa shape index (κ2) is 4.23. The summed E-state index contributed by atoms with van der Waals surface area (Å²) in [7, 11) is 0. The molecule has 4 heteroatoms. The lowest BCUT2D eigenvalue weighted by Gasteiger charge is -2.09. The number of aromatic nitrogens is 3. The van der Waals surface area contributed by atoms with Gasteiger partial charge >= 0.3 is 0 Å². The normalized spacial score (nSPS) is 12.7. The first-order valence-electron chi connectivity index (χ1n) is 4.85. The SMILES string of the molecule is Cc1ccccc1CC(O)c1ncn[nH]1. The van der Waals surface area contributed by atoms with Crippen LogP contribution >= 0.6 is 0 Å². The van der Waals surface area contributed by atoms with Crippen molar-refractivity contribution >= 4 is 0 Å². The van der Waals surface area contributed by atoms with Crippen molar-refractivity contribution in [3.8, 4) is 0 Å². The fourth-order valence-corrected chi connectivity index (χ4v) is 1.52. The van der Waals surface area contributed by atoms with E-state index in [9.17, 15) is 5.11 Å². The Hall–Kier alpha value is -1.68. The fourth-order valence-electron chi connectivity index (χ4n) is 1.52. The first-order valence-corrected chi connectivity index (χ1v) is 4.85. The van der Waals surface area contributed by atoms with Crippen molar-refractivity contribution in [2.24, 2.45) is 0 Å². The van der Waals surface area contributed by atoms with Gasteiger partial charge in [-0.15, -0.1) is 0 Å². The second-order valence-corrected chi connectivity index (χ2v) is 3.52. The molecule has 2 N–H and O–H groups in total. The first-order chi connectivity index (χ1) is 7.27. The largest absolute Gasteiger partial charge is 0.385 e. The lowest BCUT2D eigenvalue weighted by atomic mass is 10.0. The van der Waals surface area contributed by atoms with E-state index in [-0.39, 0.29) is 0 Å². The highest BCUT2D eigenvalue weighted by molar-refractivity contribution is 5.26. The van der Waals surface area contributed by atoms with Gasteiger partial charge in [-0.1, -0.05) is 24.3 Å². The molecule has 0 bridgehead atoms. The quantitative estimate of drug-likeness (QED) is 0.792. The number of benzene rings is 1. The van der Waals surface area contributed by atoms with E-state index in [1.165, 1.54) is 11.9 Å². The summed E-state index contributed by atoms with van der Waals surface area (Å²) in [4.78, 5) is 3.93. The maximum absolute atomic E-state index is 9.85. The number of aromatic amines is 1. The molecule has 1 aromatic heterocycles. The molecule has 1 heterocycles. The molecule has 4 nitrogen and oxygen atoms in total. The van der Waals surface area contributed by atoms with Crippen LogP contribution in [0.3, 0.4) is 0 Å². The van der Waals surface area contributed by atoms with Crippen molar-refractivity contribution < 1.29 is 5.11 Å². The van der Waals surface area contributed by atoms with Gasteiger partial charge in [-0.05, 0) is 18.1 Å². The number of hydrogen-bond donors (Lipinski definition) is 2. The summed E-state index contributed by atoms with van der Waals surface area (Å²) in [5.74, 6) is 0.512. The molecular formula is C11H13N3O. The number of nitrogens with one attached hydrogen (secondary N) is 1. The van der Waals surface area contributed by atoms with Crippen LogP contribution in [0.4, 0.5) is 0 Å². The molecular weight excluding hydrogens is 190 g/mol. The summed E-state index contributed by atoms with van der Waals surface area (Å²) in [5, 5.41) is 16.2. The minimum Gasteiger partial charge on any atom is -0.385 e. The minimum absolute atomic E-state index is 0.512. The van der Waals surface area contributed by atoms with Gasteiger partial charge in [-0.2, -0.15) is 5.10 Å². The molecule has 0 spiro atoms. The third kappa shape index (κ3) is 2.22. The molecule has 0 saturated heterocycles. The Labute approximate surface area is 88.0 Å². The van der Waals surface area contributed by atoms with Gasteiger partial charge in [0.05, 0.1) is 0 Å². The number of aliphatic hydroxyl groups is 1. The molecule has 0 aliphatic carbocycles. The van der Waals surface area contributed by atoms with Crippen molar-refractivity contribution in [3.05, 3.63) is 47.5 Å². The Morgan fingerprint density at radius 3 is 2.87 bits per heavy atom. The smallest absolute Gasteiger partial charge is 0.153 e. The summed E-state index contributed by atoms with van der Waals surface area (Å²) in [6.45, 7) is 2.03. The van der Waals surface area contributed by atoms with Crippen molar-refractivity contribution in [1.82, 2.24) is 15.2 Å². The predicted octanol–water partition coefficient (Wildman–Crippen LogP) is 1.39. The first kappa shape index (κ1) is 9.86. The Morgan fingerprint density at radius 1 is 1.40 bits per heavy atom. The third-order valence-electron chi connectivity index (χ3n) is 2.42. The van der Waals surface area contributed by atoms with Crippen molar-refractivity contribution in [2.45, 2.75) is 19.4 Å². The number of nitrogens with zero attached hydrogens (tertiary/aromatic N) is 2. The molecule has 1 aromatic carbocycles. The van der Waals surface area contributed by atoms with E-state index in [0.29, 0.717) is 12.2 Å². The van der Waals surface area contributed by atoms with E-state index in [0.717, 1.165) is 5.56 Å². The molecule has 0 amide bonds. The highest BCUT2D eigenvalue weighted by Crippen LogP contribution is 2.16. The molecule has 2 aromatic rings. The molecule has 1 atom stereocenters. The number of aliphatic hydroxyl groups excluding tert-OH is 1. The van der Waals surface area contributed by atoms with Crippen molar-refractivity contribution in [2.75, 3.05) is 0 Å². The van der Waals surface area contributed by atoms with Crippen LogP contribution in [0.5, 0.6) is 0 Å². The molecule has 0 saturated carbocycles. The monoisotopic (exact) mass is 203 g/mol. The number of hydrogen-bond acceptors (Lipinski definition) is 3. The van der Waals surface area contributed by atoms with Gasteiger partial charge in [0.15, 0.2) is 5.82 Å². The standard InChI is InChI=1S/C11H13N3O/c1-8-4-2-3-5-9(8)6-10(15)11-12-7-13-14-11/h2-5,7,10,15H,6H2,1H3,(H,12,13,14). The highest BCUT2D eigenvalue weighted by atomic mass is 16.3. The van der Waals surface area contributed by atoms with E-state index in [1.54, 1.807) is 0 Å². The van der Waals surface area contributed by atoms with Gasteiger partial charge in [0.2, 0.25) is 0 Å². The minimum atomic E-state index is -0.617. The number of rotatable bonds is 3. The van der Waals surface area contributed by atoms with Gasteiger partial charge in [0.25, 0.3) is 0 Å². The molecule has 15 heavy (non-hydrogen) atoms. The summed E-state index contributed by atoms with van der Waals surface area (Å²) in [6, 6.07) is 7.99. The average Bonchev–Trinajstić information content (AvgIpc) is 2.74. The van der Waals surface area contributed by atoms with Crippen LogP contribution < -0.4 is 0 Å². The Kier molecular flexibility index (Phi) is 2.78. The van der Waals surface area contributed by atoms with Crippen LogP contribution in [0, 0.1) is 6.92 Å². The average molecular weight is 203 g/mol. The maximum atomic E-state index is 9.85. The summed E-state index contributed by atoms with van der Waals surface area (Å²) >= 11 is 0. The Balaban J connectivity index is 2.13. The maximum Gasteiger partial charge on any atom is 0.153 e. The Bertz CT molecular complexity index is 425. The van der Waals surface area contributed by atoms with E-state index in [4.69, 9.17) is 0 Å². The molecule has 0 aliphatic heterocycles. The van der Waals surface area contributed by atoms with Crippen LogP contribution in [0.15, 0.2) is 30.6 Å². The zero-order chi connectivity index (χ0) is 10.7. The van der Waals surface area contributed by atoms with Crippen LogP contribution in [-0.2, 0) is 6.42 Å². The van der Waals surface area contributed by atoms with Crippen LogP contribution in [0.1, 0.15) is 23.1 Å².